The number of benzene rings is 2. The summed E-state index contributed by atoms with van der Waals surface area (Å²) in [6.45, 7) is 5.03. The van der Waals surface area contributed by atoms with Gasteiger partial charge in [-0.15, -0.1) is 0 Å². The standard InChI is InChI=1S/C22H29N3O3/c1-16-6-4-5-7-19(16)21-15-25(12-13-28-21)22(23-2)24-11-10-17-8-9-18(27-3)14-20(17)26/h4-9,14,21,26H,10-13,15H2,1-3H3,(H,23,24). The molecule has 1 fully saturated rings. The van der Waals surface area contributed by atoms with Crippen LogP contribution in [0.15, 0.2) is 47.5 Å². The van der Waals surface area contributed by atoms with E-state index in [0.717, 1.165) is 24.6 Å². The summed E-state index contributed by atoms with van der Waals surface area (Å²) < 4.78 is 11.1. The highest BCUT2D eigenvalue weighted by molar-refractivity contribution is 5.80. The lowest BCUT2D eigenvalue weighted by molar-refractivity contribution is -0.00829. The number of phenolic OH excluding ortho intramolecular Hbond substituents is 1. The summed E-state index contributed by atoms with van der Waals surface area (Å²) in [6, 6.07) is 13.7. The quantitative estimate of drug-likeness (QED) is 0.614. The maximum atomic E-state index is 10.1. The van der Waals surface area contributed by atoms with Crippen molar-refractivity contribution in [3.63, 3.8) is 0 Å². The molecule has 0 spiro atoms. The first-order valence-electron chi connectivity index (χ1n) is 9.61. The van der Waals surface area contributed by atoms with Gasteiger partial charge >= 0.3 is 0 Å². The monoisotopic (exact) mass is 383 g/mol. The van der Waals surface area contributed by atoms with Crippen LogP contribution in [0.5, 0.6) is 11.5 Å². The Kier molecular flexibility index (Phi) is 6.76. The minimum Gasteiger partial charge on any atom is -0.508 e. The van der Waals surface area contributed by atoms with Gasteiger partial charge in [0.05, 0.1) is 20.3 Å². The molecular formula is C22H29N3O3. The van der Waals surface area contributed by atoms with Crippen molar-refractivity contribution in [1.82, 2.24) is 10.2 Å². The molecule has 2 aromatic carbocycles. The predicted octanol–water partition coefficient (Wildman–Crippen LogP) is 2.90. The second-order valence-electron chi connectivity index (χ2n) is 6.88. The zero-order valence-corrected chi connectivity index (χ0v) is 16.8. The average Bonchev–Trinajstić information content (AvgIpc) is 2.72. The van der Waals surface area contributed by atoms with Crippen molar-refractivity contribution in [2.24, 2.45) is 4.99 Å². The Balaban J connectivity index is 1.58. The Morgan fingerprint density at radius 1 is 1.32 bits per heavy atom. The number of hydrogen-bond acceptors (Lipinski definition) is 4. The van der Waals surface area contributed by atoms with Crippen LogP contribution in [-0.4, -0.2) is 56.4 Å². The molecular weight excluding hydrogens is 354 g/mol. The van der Waals surface area contributed by atoms with Crippen LogP contribution in [-0.2, 0) is 11.2 Å². The van der Waals surface area contributed by atoms with Gasteiger partial charge in [-0.3, -0.25) is 4.99 Å². The fraction of sp³-hybridized carbons (Fsp3) is 0.409. The number of rotatable bonds is 5. The molecule has 0 aliphatic carbocycles. The number of nitrogens with one attached hydrogen (secondary N) is 1. The molecule has 0 aromatic heterocycles. The lowest BCUT2D eigenvalue weighted by atomic mass is 10.0. The second kappa shape index (κ2) is 9.46. The molecule has 1 heterocycles. The van der Waals surface area contributed by atoms with E-state index in [1.807, 2.05) is 12.1 Å². The first-order valence-corrected chi connectivity index (χ1v) is 9.61. The highest BCUT2D eigenvalue weighted by Gasteiger charge is 2.25. The Labute approximate surface area is 166 Å². The number of phenols is 1. The topological polar surface area (TPSA) is 66.3 Å². The van der Waals surface area contributed by atoms with Crippen LogP contribution in [0.4, 0.5) is 0 Å². The third-order valence-electron chi connectivity index (χ3n) is 5.08. The number of aryl methyl sites for hydroxylation is 1. The number of ether oxygens (including phenoxy) is 2. The van der Waals surface area contributed by atoms with Crippen LogP contribution >= 0.6 is 0 Å². The van der Waals surface area contributed by atoms with Crippen molar-refractivity contribution < 1.29 is 14.6 Å². The molecule has 2 N–H and O–H groups in total. The first kappa shape index (κ1) is 20.0. The van der Waals surface area contributed by atoms with Crippen LogP contribution in [0.2, 0.25) is 0 Å². The molecule has 2 aromatic rings. The van der Waals surface area contributed by atoms with Gasteiger partial charge in [0.25, 0.3) is 0 Å². The molecule has 1 aliphatic heterocycles. The number of methoxy groups -OCH3 is 1. The molecule has 1 saturated heterocycles. The normalized spacial score (nSPS) is 17.5. The summed E-state index contributed by atoms with van der Waals surface area (Å²) in [6.07, 6.45) is 0.736. The summed E-state index contributed by atoms with van der Waals surface area (Å²) in [4.78, 5) is 6.67. The zero-order chi connectivity index (χ0) is 19.9. The van der Waals surface area contributed by atoms with E-state index in [-0.39, 0.29) is 11.9 Å². The van der Waals surface area contributed by atoms with Crippen molar-refractivity contribution in [1.29, 1.82) is 0 Å². The van der Waals surface area contributed by atoms with E-state index < -0.39 is 0 Å². The Morgan fingerprint density at radius 3 is 2.86 bits per heavy atom. The van der Waals surface area contributed by atoms with E-state index in [9.17, 15) is 5.11 Å². The molecule has 0 saturated carbocycles. The number of nitrogens with zero attached hydrogens (tertiary/aromatic N) is 2. The average molecular weight is 383 g/mol. The van der Waals surface area contributed by atoms with E-state index >= 15 is 0 Å². The van der Waals surface area contributed by atoms with Crippen LogP contribution in [0.25, 0.3) is 0 Å². The lowest BCUT2D eigenvalue weighted by Crippen LogP contribution is -2.48. The fourth-order valence-corrected chi connectivity index (χ4v) is 3.50. The third kappa shape index (κ3) is 4.75. The zero-order valence-electron chi connectivity index (χ0n) is 16.8. The number of hydrogen-bond donors (Lipinski definition) is 2. The third-order valence-corrected chi connectivity index (χ3v) is 5.08. The second-order valence-corrected chi connectivity index (χ2v) is 6.88. The van der Waals surface area contributed by atoms with Gasteiger partial charge in [-0.2, -0.15) is 0 Å². The van der Waals surface area contributed by atoms with Gasteiger partial charge in [0, 0.05) is 26.2 Å². The van der Waals surface area contributed by atoms with Crippen molar-refractivity contribution in [3.8, 4) is 11.5 Å². The van der Waals surface area contributed by atoms with E-state index in [1.54, 1.807) is 20.2 Å². The van der Waals surface area contributed by atoms with Gasteiger partial charge in [0.2, 0.25) is 0 Å². The van der Waals surface area contributed by atoms with Gasteiger partial charge in [0.1, 0.15) is 17.6 Å². The molecule has 28 heavy (non-hydrogen) atoms. The number of aromatic hydroxyl groups is 1. The van der Waals surface area contributed by atoms with E-state index in [0.29, 0.717) is 25.3 Å². The molecule has 0 radical (unpaired) electrons. The summed E-state index contributed by atoms with van der Waals surface area (Å²) >= 11 is 0. The Bertz CT molecular complexity index is 822. The summed E-state index contributed by atoms with van der Waals surface area (Å²) in [5, 5.41) is 13.5. The van der Waals surface area contributed by atoms with Crippen molar-refractivity contribution in [2.45, 2.75) is 19.4 Å². The summed E-state index contributed by atoms with van der Waals surface area (Å²) in [5.41, 5.74) is 3.35. The molecule has 3 rings (SSSR count). The molecule has 6 nitrogen and oxygen atoms in total. The molecule has 6 heteroatoms. The van der Waals surface area contributed by atoms with Gasteiger partial charge in [0.15, 0.2) is 5.96 Å². The van der Waals surface area contributed by atoms with Crippen LogP contribution < -0.4 is 10.1 Å². The molecule has 0 amide bonds. The summed E-state index contributed by atoms with van der Waals surface area (Å²) in [5.74, 6) is 1.76. The van der Waals surface area contributed by atoms with E-state index in [1.165, 1.54) is 11.1 Å². The van der Waals surface area contributed by atoms with Gasteiger partial charge in [-0.05, 0) is 36.1 Å². The fourth-order valence-electron chi connectivity index (χ4n) is 3.50. The molecule has 1 atom stereocenters. The van der Waals surface area contributed by atoms with Gasteiger partial charge < -0.3 is 24.8 Å². The predicted molar refractivity (Wildman–Crippen MR) is 111 cm³/mol. The number of morpholine rings is 1. The summed E-state index contributed by atoms with van der Waals surface area (Å²) in [7, 11) is 3.39. The maximum Gasteiger partial charge on any atom is 0.193 e. The van der Waals surface area contributed by atoms with Crippen molar-refractivity contribution >= 4 is 5.96 Å². The molecule has 1 unspecified atom stereocenters. The Morgan fingerprint density at radius 2 is 2.14 bits per heavy atom. The highest BCUT2D eigenvalue weighted by atomic mass is 16.5. The van der Waals surface area contributed by atoms with E-state index in [2.05, 4.69) is 46.4 Å². The van der Waals surface area contributed by atoms with Crippen LogP contribution in [0.3, 0.4) is 0 Å². The molecule has 0 bridgehead atoms. The van der Waals surface area contributed by atoms with E-state index in [4.69, 9.17) is 9.47 Å². The highest BCUT2D eigenvalue weighted by Crippen LogP contribution is 2.25. The molecule has 1 aliphatic rings. The molecule has 150 valence electrons. The SMILES string of the molecule is CN=C(NCCc1ccc(OC)cc1O)N1CCOC(c2ccccc2C)C1. The maximum absolute atomic E-state index is 10.1. The number of aliphatic imine (C=N–C) groups is 1. The van der Waals surface area contributed by atoms with Crippen LogP contribution in [0, 0.1) is 6.92 Å². The number of guanidine groups is 1. The smallest absolute Gasteiger partial charge is 0.193 e. The lowest BCUT2D eigenvalue weighted by Gasteiger charge is -2.35. The van der Waals surface area contributed by atoms with Crippen molar-refractivity contribution in [2.75, 3.05) is 40.4 Å². The minimum atomic E-state index is 0.0409. The first-order chi connectivity index (χ1) is 13.6. The van der Waals surface area contributed by atoms with Crippen LogP contribution in [0.1, 0.15) is 22.8 Å². The van der Waals surface area contributed by atoms with Crippen molar-refractivity contribution in [3.05, 3.63) is 59.2 Å². The largest absolute Gasteiger partial charge is 0.508 e. The van der Waals surface area contributed by atoms with Gasteiger partial charge in [-0.1, -0.05) is 30.3 Å². The minimum absolute atomic E-state index is 0.0409. The van der Waals surface area contributed by atoms with Gasteiger partial charge in [-0.25, -0.2) is 0 Å². The Hall–Kier alpha value is -2.73.